The molecule has 6 heteroatoms. The first kappa shape index (κ1) is 20.3. The number of hydrogen-bond acceptors (Lipinski definition) is 5. The van der Waals surface area contributed by atoms with Crippen molar-refractivity contribution in [3.63, 3.8) is 0 Å². The minimum Gasteiger partial charge on any atom is -0.325 e. The fourth-order valence-electron chi connectivity index (χ4n) is 2.85. The van der Waals surface area contributed by atoms with Crippen molar-refractivity contribution >= 4 is 29.1 Å². The molecule has 0 radical (unpaired) electrons. The second kappa shape index (κ2) is 9.18. The van der Waals surface area contributed by atoms with E-state index in [-0.39, 0.29) is 17.3 Å². The van der Waals surface area contributed by atoms with Gasteiger partial charge in [-0.2, -0.15) is 5.26 Å². The number of nitrogens with zero attached hydrogens (tertiary/aromatic N) is 2. The van der Waals surface area contributed by atoms with Crippen molar-refractivity contribution in [3.8, 4) is 6.07 Å². The van der Waals surface area contributed by atoms with Crippen LogP contribution in [0.3, 0.4) is 0 Å². The summed E-state index contributed by atoms with van der Waals surface area (Å²) in [4.78, 5) is 29.3. The van der Waals surface area contributed by atoms with Crippen molar-refractivity contribution < 1.29 is 9.59 Å². The first-order chi connectivity index (χ1) is 14.0. The number of anilines is 1. The lowest BCUT2D eigenvalue weighted by Gasteiger charge is -2.18. The van der Waals surface area contributed by atoms with Gasteiger partial charge in [0.1, 0.15) is 16.3 Å². The lowest BCUT2D eigenvalue weighted by atomic mass is 10.1. The van der Waals surface area contributed by atoms with Gasteiger partial charge in [0, 0.05) is 16.9 Å². The van der Waals surface area contributed by atoms with E-state index in [2.05, 4.69) is 16.4 Å². The number of nitriles is 1. The summed E-state index contributed by atoms with van der Waals surface area (Å²) < 4.78 is 0. The van der Waals surface area contributed by atoms with E-state index < -0.39 is 5.25 Å². The van der Waals surface area contributed by atoms with Gasteiger partial charge in [0.25, 0.3) is 0 Å². The average molecular weight is 401 g/mol. The fourth-order valence-corrected chi connectivity index (χ4v) is 3.95. The number of pyridine rings is 1. The number of benzene rings is 2. The van der Waals surface area contributed by atoms with Crippen LogP contribution in [0.5, 0.6) is 0 Å². The van der Waals surface area contributed by atoms with Gasteiger partial charge in [0.2, 0.25) is 5.91 Å². The van der Waals surface area contributed by atoms with E-state index in [4.69, 9.17) is 0 Å². The van der Waals surface area contributed by atoms with Gasteiger partial charge in [0.05, 0.1) is 5.56 Å². The number of thioether (sulfide) groups is 1. The van der Waals surface area contributed by atoms with Gasteiger partial charge in [-0.1, -0.05) is 60.3 Å². The number of aromatic nitrogens is 1. The predicted molar refractivity (Wildman–Crippen MR) is 114 cm³/mol. The van der Waals surface area contributed by atoms with E-state index >= 15 is 0 Å². The zero-order valence-corrected chi connectivity index (χ0v) is 16.9. The molecule has 0 saturated heterocycles. The number of nitrogens with one attached hydrogen (secondary N) is 1. The maximum absolute atomic E-state index is 13.1. The molecule has 0 spiro atoms. The predicted octanol–water partition coefficient (Wildman–Crippen LogP) is 4.94. The van der Waals surface area contributed by atoms with Crippen LogP contribution in [0.2, 0.25) is 0 Å². The van der Waals surface area contributed by atoms with E-state index in [1.165, 1.54) is 18.7 Å². The third-order valence-electron chi connectivity index (χ3n) is 4.29. The molecule has 29 heavy (non-hydrogen) atoms. The summed E-state index contributed by atoms with van der Waals surface area (Å²) in [5, 5.41) is 12.3. The monoisotopic (exact) mass is 401 g/mol. The molecular formula is C23H19N3O2S. The number of aryl methyl sites for hydroxylation is 1. The summed E-state index contributed by atoms with van der Waals surface area (Å²) in [6.07, 6.45) is 0. The first-order valence-corrected chi connectivity index (χ1v) is 9.87. The second-order valence-electron chi connectivity index (χ2n) is 6.41. The smallest absolute Gasteiger partial charge is 0.242 e. The average Bonchev–Trinajstić information content (AvgIpc) is 2.73. The van der Waals surface area contributed by atoms with Crippen LogP contribution in [-0.4, -0.2) is 16.7 Å². The summed E-state index contributed by atoms with van der Waals surface area (Å²) in [6, 6.07) is 22.2. The highest BCUT2D eigenvalue weighted by Gasteiger charge is 2.25. The van der Waals surface area contributed by atoms with Crippen LogP contribution in [0.4, 0.5) is 5.69 Å². The van der Waals surface area contributed by atoms with Crippen molar-refractivity contribution in [2.45, 2.75) is 24.1 Å². The van der Waals surface area contributed by atoms with Crippen LogP contribution < -0.4 is 5.32 Å². The lowest BCUT2D eigenvalue weighted by molar-refractivity contribution is -0.115. The van der Waals surface area contributed by atoms with E-state index in [0.29, 0.717) is 22.0 Å². The molecular weight excluding hydrogens is 382 g/mol. The van der Waals surface area contributed by atoms with Crippen molar-refractivity contribution in [1.82, 2.24) is 4.98 Å². The Kier molecular flexibility index (Phi) is 6.43. The molecule has 1 N–H and O–H groups in total. The van der Waals surface area contributed by atoms with Gasteiger partial charge in [0.15, 0.2) is 5.78 Å². The number of Topliss-reactive ketones (excluding diaryl/α,β-unsaturated/α-hetero) is 1. The van der Waals surface area contributed by atoms with Crippen molar-refractivity contribution in [2.24, 2.45) is 0 Å². The molecule has 1 aromatic heterocycles. The highest BCUT2D eigenvalue weighted by atomic mass is 32.2. The molecule has 0 saturated carbocycles. The zero-order valence-electron chi connectivity index (χ0n) is 16.0. The fraction of sp³-hybridized carbons (Fsp3) is 0.130. The van der Waals surface area contributed by atoms with Crippen molar-refractivity contribution in [3.05, 3.63) is 89.1 Å². The normalized spacial score (nSPS) is 11.3. The van der Waals surface area contributed by atoms with Crippen LogP contribution in [0.1, 0.15) is 39.4 Å². The molecule has 0 aliphatic carbocycles. The Hall–Kier alpha value is -3.43. The van der Waals surface area contributed by atoms with Gasteiger partial charge in [-0.3, -0.25) is 9.59 Å². The summed E-state index contributed by atoms with van der Waals surface area (Å²) >= 11 is 1.20. The molecule has 5 nitrogen and oxygen atoms in total. The molecule has 1 atom stereocenters. The summed E-state index contributed by atoms with van der Waals surface area (Å²) in [7, 11) is 0. The van der Waals surface area contributed by atoms with Crippen LogP contribution in [0, 0.1) is 18.3 Å². The second-order valence-corrected chi connectivity index (χ2v) is 7.50. The summed E-state index contributed by atoms with van der Waals surface area (Å²) in [5.74, 6) is -0.365. The molecule has 1 unspecified atom stereocenters. The number of hydrogen-bond donors (Lipinski definition) is 1. The number of ketones is 1. The molecule has 0 bridgehead atoms. The van der Waals surface area contributed by atoms with E-state index in [9.17, 15) is 14.9 Å². The molecule has 0 fully saturated rings. The number of carbonyl (C=O) groups is 2. The summed E-state index contributed by atoms with van der Waals surface area (Å²) in [6.45, 7) is 3.17. The lowest BCUT2D eigenvalue weighted by Crippen LogP contribution is -2.19. The third-order valence-corrected chi connectivity index (χ3v) is 5.55. The molecule has 0 aliphatic heterocycles. The largest absolute Gasteiger partial charge is 0.325 e. The number of rotatable bonds is 6. The number of amides is 1. The quantitative estimate of drug-likeness (QED) is 0.467. The zero-order chi connectivity index (χ0) is 20.8. The van der Waals surface area contributed by atoms with Crippen LogP contribution in [0.25, 0.3) is 0 Å². The van der Waals surface area contributed by atoms with Gasteiger partial charge in [-0.05, 0) is 37.6 Å². The molecule has 1 heterocycles. The molecule has 3 aromatic rings. The molecule has 2 aromatic carbocycles. The Morgan fingerprint density at radius 2 is 1.69 bits per heavy atom. The maximum atomic E-state index is 13.1. The van der Waals surface area contributed by atoms with E-state index in [1.54, 1.807) is 13.0 Å². The Morgan fingerprint density at radius 3 is 2.28 bits per heavy atom. The van der Waals surface area contributed by atoms with Gasteiger partial charge < -0.3 is 5.32 Å². The minimum atomic E-state index is -0.612. The number of carbonyl (C=O) groups excluding carboxylic acids is 2. The van der Waals surface area contributed by atoms with Gasteiger partial charge >= 0.3 is 0 Å². The van der Waals surface area contributed by atoms with Crippen LogP contribution in [-0.2, 0) is 4.79 Å². The van der Waals surface area contributed by atoms with Crippen LogP contribution >= 0.6 is 11.8 Å². The summed E-state index contributed by atoms with van der Waals surface area (Å²) in [5.41, 5.74) is 2.71. The van der Waals surface area contributed by atoms with Gasteiger partial charge in [-0.25, -0.2) is 4.98 Å². The highest BCUT2D eigenvalue weighted by molar-refractivity contribution is 8.00. The molecule has 3 rings (SSSR count). The van der Waals surface area contributed by atoms with Gasteiger partial charge in [-0.15, -0.1) is 0 Å². The van der Waals surface area contributed by atoms with Crippen molar-refractivity contribution in [2.75, 3.05) is 5.32 Å². The third kappa shape index (κ3) is 4.89. The Morgan fingerprint density at radius 1 is 1.07 bits per heavy atom. The highest BCUT2D eigenvalue weighted by Crippen LogP contribution is 2.37. The standard InChI is InChI=1S/C23H19N3O2S/c1-15-20(16(2)27)13-18(14-24)23(25-15)29-21(17-9-5-3-6-10-17)22(28)26-19-11-7-4-8-12-19/h3-13,21H,1-2H3,(H,26,28). The first-order valence-electron chi connectivity index (χ1n) is 8.99. The topological polar surface area (TPSA) is 82.8 Å². The Balaban J connectivity index is 1.98. The molecule has 1 amide bonds. The van der Waals surface area contributed by atoms with E-state index in [1.807, 2.05) is 60.7 Å². The van der Waals surface area contributed by atoms with Crippen molar-refractivity contribution in [1.29, 1.82) is 5.26 Å². The SMILES string of the molecule is CC(=O)c1cc(C#N)c(SC(C(=O)Nc2ccccc2)c2ccccc2)nc1C. The van der Waals surface area contributed by atoms with Crippen LogP contribution in [0.15, 0.2) is 71.8 Å². The maximum Gasteiger partial charge on any atom is 0.242 e. The number of para-hydroxylation sites is 1. The van der Waals surface area contributed by atoms with E-state index in [0.717, 1.165) is 5.56 Å². The Labute approximate surface area is 173 Å². The Bertz CT molecular complexity index is 1080. The molecule has 144 valence electrons. The molecule has 0 aliphatic rings. The minimum absolute atomic E-state index is 0.149.